The number of hydrogen-bond donors (Lipinski definition) is 1. The van der Waals surface area contributed by atoms with Crippen LogP contribution in [0.2, 0.25) is 10.3 Å². The zero-order valence-electron chi connectivity index (χ0n) is 8.69. The summed E-state index contributed by atoms with van der Waals surface area (Å²) in [6.45, 7) is 2.98. The number of pyridine rings is 1. The maximum absolute atomic E-state index is 6.02. The maximum Gasteiger partial charge on any atom is 0.154 e. The van der Waals surface area contributed by atoms with Crippen molar-refractivity contribution in [2.75, 3.05) is 11.9 Å². The fourth-order valence-corrected chi connectivity index (χ4v) is 2.35. The summed E-state index contributed by atoms with van der Waals surface area (Å²) < 4.78 is 0. The quantitative estimate of drug-likeness (QED) is 0.816. The van der Waals surface area contributed by atoms with E-state index in [1.54, 1.807) is 0 Å². The molecule has 15 heavy (non-hydrogen) atoms. The molecule has 0 saturated heterocycles. The van der Waals surface area contributed by atoms with Gasteiger partial charge in [0.05, 0.1) is 5.69 Å². The molecule has 1 N–H and O–H groups in total. The van der Waals surface area contributed by atoms with Gasteiger partial charge >= 0.3 is 0 Å². The first-order valence-electron chi connectivity index (χ1n) is 5.23. The van der Waals surface area contributed by atoms with E-state index >= 15 is 0 Å². The molecule has 2 rings (SSSR count). The zero-order valence-corrected chi connectivity index (χ0v) is 10.2. The van der Waals surface area contributed by atoms with Gasteiger partial charge in [-0.2, -0.15) is 0 Å². The summed E-state index contributed by atoms with van der Waals surface area (Å²) in [5.74, 6) is 0.802. The Balaban J connectivity index is 2.05. The summed E-state index contributed by atoms with van der Waals surface area (Å²) >= 11 is 11.8. The molecule has 1 aliphatic rings. The van der Waals surface area contributed by atoms with Crippen LogP contribution < -0.4 is 5.32 Å². The molecule has 0 aromatic carbocycles. The van der Waals surface area contributed by atoms with Crippen molar-refractivity contribution in [1.82, 2.24) is 4.98 Å². The van der Waals surface area contributed by atoms with Crippen molar-refractivity contribution in [2.24, 2.45) is 5.92 Å². The SMILES string of the molecule is Cc1cc(Cl)nc(Cl)c1NCC1CCC1. The van der Waals surface area contributed by atoms with Gasteiger partial charge in [-0.1, -0.05) is 29.6 Å². The first-order chi connectivity index (χ1) is 7.16. The molecule has 0 radical (unpaired) electrons. The van der Waals surface area contributed by atoms with E-state index < -0.39 is 0 Å². The third-order valence-corrected chi connectivity index (χ3v) is 3.40. The Morgan fingerprint density at radius 2 is 2.20 bits per heavy atom. The van der Waals surface area contributed by atoms with Crippen LogP contribution >= 0.6 is 23.2 Å². The van der Waals surface area contributed by atoms with E-state index in [0.29, 0.717) is 10.3 Å². The van der Waals surface area contributed by atoms with Crippen molar-refractivity contribution in [1.29, 1.82) is 0 Å². The molecule has 1 aromatic heterocycles. The highest BCUT2D eigenvalue weighted by Crippen LogP contribution is 2.30. The number of nitrogens with zero attached hydrogens (tertiary/aromatic N) is 1. The lowest BCUT2D eigenvalue weighted by atomic mass is 9.85. The van der Waals surface area contributed by atoms with Crippen LogP contribution in [0.15, 0.2) is 6.07 Å². The second kappa shape index (κ2) is 4.58. The summed E-state index contributed by atoms with van der Waals surface area (Å²) in [6, 6.07) is 1.83. The summed E-state index contributed by atoms with van der Waals surface area (Å²) in [4.78, 5) is 4.02. The van der Waals surface area contributed by atoms with Gasteiger partial charge in [-0.15, -0.1) is 0 Å². The van der Waals surface area contributed by atoms with Gasteiger partial charge in [0.1, 0.15) is 5.15 Å². The average Bonchev–Trinajstić information content (AvgIpc) is 2.06. The van der Waals surface area contributed by atoms with Crippen molar-refractivity contribution < 1.29 is 0 Å². The van der Waals surface area contributed by atoms with Crippen molar-refractivity contribution in [3.8, 4) is 0 Å². The molecule has 2 nitrogen and oxygen atoms in total. The Morgan fingerprint density at radius 1 is 1.47 bits per heavy atom. The molecule has 0 amide bonds. The number of anilines is 1. The summed E-state index contributed by atoms with van der Waals surface area (Å²) in [5, 5.41) is 4.28. The second-order valence-electron chi connectivity index (χ2n) is 4.11. The minimum absolute atomic E-state index is 0.451. The third kappa shape index (κ3) is 2.56. The predicted octanol–water partition coefficient (Wildman–Crippen LogP) is 3.91. The van der Waals surface area contributed by atoms with Gasteiger partial charge in [0.25, 0.3) is 0 Å². The highest BCUT2D eigenvalue weighted by Gasteiger charge is 2.17. The molecule has 0 aliphatic heterocycles. The van der Waals surface area contributed by atoms with Gasteiger partial charge < -0.3 is 5.32 Å². The van der Waals surface area contributed by atoms with Crippen LogP contribution in [0, 0.1) is 12.8 Å². The van der Waals surface area contributed by atoms with Crippen LogP contribution in [-0.2, 0) is 0 Å². The van der Waals surface area contributed by atoms with E-state index in [0.717, 1.165) is 23.7 Å². The fraction of sp³-hybridized carbons (Fsp3) is 0.545. The maximum atomic E-state index is 6.02. The molecule has 1 aromatic rings. The number of halogens is 2. The monoisotopic (exact) mass is 244 g/mol. The van der Waals surface area contributed by atoms with Gasteiger partial charge in [0.15, 0.2) is 5.15 Å². The number of aryl methyl sites for hydroxylation is 1. The van der Waals surface area contributed by atoms with Gasteiger partial charge in [0.2, 0.25) is 0 Å². The zero-order chi connectivity index (χ0) is 10.8. The Labute approximate surface area is 100.0 Å². The molecule has 1 saturated carbocycles. The van der Waals surface area contributed by atoms with Crippen LogP contribution in [0.5, 0.6) is 0 Å². The number of aromatic nitrogens is 1. The van der Waals surface area contributed by atoms with Crippen LogP contribution in [0.25, 0.3) is 0 Å². The fourth-order valence-electron chi connectivity index (χ4n) is 1.75. The van der Waals surface area contributed by atoms with E-state index in [1.807, 2.05) is 13.0 Å². The van der Waals surface area contributed by atoms with Gasteiger partial charge in [0, 0.05) is 6.54 Å². The topological polar surface area (TPSA) is 24.9 Å². The molecule has 0 unspecified atom stereocenters. The molecule has 0 spiro atoms. The van der Waals surface area contributed by atoms with Crippen LogP contribution in [0.1, 0.15) is 24.8 Å². The van der Waals surface area contributed by atoms with Gasteiger partial charge in [-0.3, -0.25) is 0 Å². The number of hydrogen-bond acceptors (Lipinski definition) is 2. The molecule has 4 heteroatoms. The normalized spacial score (nSPS) is 16.2. The molecule has 0 atom stereocenters. The van der Waals surface area contributed by atoms with Crippen molar-refractivity contribution in [2.45, 2.75) is 26.2 Å². The molecular weight excluding hydrogens is 231 g/mol. The molecular formula is C11H14Cl2N2. The Hall–Kier alpha value is -0.470. The molecule has 0 bridgehead atoms. The Kier molecular flexibility index (Phi) is 3.37. The minimum atomic E-state index is 0.451. The average molecular weight is 245 g/mol. The van der Waals surface area contributed by atoms with Crippen molar-refractivity contribution >= 4 is 28.9 Å². The second-order valence-corrected chi connectivity index (χ2v) is 4.85. The molecule has 1 heterocycles. The van der Waals surface area contributed by atoms with Crippen LogP contribution in [0.3, 0.4) is 0 Å². The van der Waals surface area contributed by atoms with E-state index in [2.05, 4.69) is 10.3 Å². The minimum Gasteiger partial charge on any atom is -0.382 e. The lowest BCUT2D eigenvalue weighted by molar-refractivity contribution is 0.333. The summed E-state index contributed by atoms with van der Waals surface area (Å²) in [5.41, 5.74) is 1.98. The third-order valence-electron chi connectivity index (χ3n) is 2.93. The Bertz CT molecular complexity index is 339. The molecule has 1 fully saturated rings. The first kappa shape index (κ1) is 11.0. The molecule has 1 aliphatic carbocycles. The van der Waals surface area contributed by atoms with Gasteiger partial charge in [-0.25, -0.2) is 4.98 Å². The lowest BCUT2D eigenvalue weighted by Gasteiger charge is -2.26. The predicted molar refractivity (Wildman–Crippen MR) is 64.8 cm³/mol. The van der Waals surface area contributed by atoms with Gasteiger partial charge in [-0.05, 0) is 37.3 Å². The summed E-state index contributed by atoms with van der Waals surface area (Å²) in [7, 11) is 0. The largest absolute Gasteiger partial charge is 0.382 e. The van der Waals surface area contributed by atoms with Crippen LogP contribution in [-0.4, -0.2) is 11.5 Å². The smallest absolute Gasteiger partial charge is 0.154 e. The number of nitrogens with one attached hydrogen (secondary N) is 1. The van der Waals surface area contributed by atoms with Crippen molar-refractivity contribution in [3.63, 3.8) is 0 Å². The van der Waals surface area contributed by atoms with E-state index in [9.17, 15) is 0 Å². The lowest BCUT2D eigenvalue weighted by Crippen LogP contribution is -2.21. The van der Waals surface area contributed by atoms with E-state index in [4.69, 9.17) is 23.2 Å². The first-order valence-corrected chi connectivity index (χ1v) is 5.99. The highest BCUT2D eigenvalue weighted by molar-refractivity contribution is 6.34. The Morgan fingerprint density at radius 3 is 2.73 bits per heavy atom. The van der Waals surface area contributed by atoms with Crippen molar-refractivity contribution in [3.05, 3.63) is 21.9 Å². The highest BCUT2D eigenvalue weighted by atomic mass is 35.5. The van der Waals surface area contributed by atoms with Crippen LogP contribution in [0.4, 0.5) is 5.69 Å². The summed E-state index contributed by atoms with van der Waals surface area (Å²) in [6.07, 6.45) is 4.01. The molecule has 82 valence electrons. The standard InChI is InChI=1S/C11H14Cl2N2/c1-7-5-9(12)15-11(13)10(7)14-6-8-3-2-4-8/h5,8,14H,2-4,6H2,1H3. The van der Waals surface area contributed by atoms with E-state index in [-0.39, 0.29) is 0 Å². The number of rotatable bonds is 3. The van der Waals surface area contributed by atoms with E-state index in [1.165, 1.54) is 19.3 Å².